The smallest absolute Gasteiger partial charge is 0.0701 e. The van der Waals surface area contributed by atoms with Gasteiger partial charge in [0.2, 0.25) is 0 Å². The van der Waals surface area contributed by atoms with Crippen LogP contribution in [-0.4, -0.2) is 11.7 Å². The van der Waals surface area contributed by atoms with Crippen molar-refractivity contribution in [3.8, 4) is 0 Å². The summed E-state index contributed by atoms with van der Waals surface area (Å²) < 4.78 is 1.05. The number of nitrogens with two attached hydrogens (primary N) is 1. The highest BCUT2D eigenvalue weighted by molar-refractivity contribution is 9.11. The van der Waals surface area contributed by atoms with E-state index in [2.05, 4.69) is 15.9 Å². The molecule has 0 fully saturated rings. The Morgan fingerprint density at radius 3 is 2.90 bits per heavy atom. The molecule has 0 spiro atoms. The second-order valence-corrected chi connectivity index (χ2v) is 4.26. The monoisotopic (exact) mass is 221 g/mol. The first-order valence-electron chi connectivity index (χ1n) is 2.84. The number of hydrogen-bond donors (Lipinski definition) is 2. The summed E-state index contributed by atoms with van der Waals surface area (Å²) in [7, 11) is 0. The summed E-state index contributed by atoms with van der Waals surface area (Å²) in [6.45, 7) is 0.00315. The van der Waals surface area contributed by atoms with Crippen molar-refractivity contribution < 1.29 is 5.11 Å². The molecule has 1 aromatic heterocycles. The van der Waals surface area contributed by atoms with Crippen LogP contribution < -0.4 is 5.73 Å². The molecule has 1 atom stereocenters. The number of halogens is 1. The maximum atomic E-state index is 8.66. The van der Waals surface area contributed by atoms with Crippen LogP contribution in [0.3, 0.4) is 0 Å². The molecule has 1 heterocycles. The molecule has 0 amide bonds. The van der Waals surface area contributed by atoms with Crippen LogP contribution in [-0.2, 0) is 0 Å². The lowest BCUT2D eigenvalue weighted by molar-refractivity contribution is 0.268. The summed E-state index contributed by atoms with van der Waals surface area (Å²) in [4.78, 5) is 0. The van der Waals surface area contributed by atoms with E-state index in [9.17, 15) is 0 Å². The normalized spacial score (nSPS) is 13.5. The van der Waals surface area contributed by atoms with Crippen molar-refractivity contribution in [3.63, 3.8) is 0 Å². The maximum Gasteiger partial charge on any atom is 0.0701 e. The maximum absolute atomic E-state index is 8.66. The van der Waals surface area contributed by atoms with Gasteiger partial charge in [-0.3, -0.25) is 0 Å². The van der Waals surface area contributed by atoms with E-state index in [1.165, 1.54) is 0 Å². The van der Waals surface area contributed by atoms with E-state index < -0.39 is 0 Å². The van der Waals surface area contributed by atoms with Gasteiger partial charge in [-0.2, -0.15) is 0 Å². The van der Waals surface area contributed by atoms with Gasteiger partial charge >= 0.3 is 0 Å². The number of aliphatic hydroxyl groups is 1. The van der Waals surface area contributed by atoms with Gasteiger partial charge < -0.3 is 10.8 Å². The Morgan fingerprint density at radius 1 is 1.80 bits per heavy atom. The van der Waals surface area contributed by atoms with E-state index in [0.29, 0.717) is 0 Å². The van der Waals surface area contributed by atoms with E-state index in [-0.39, 0.29) is 12.6 Å². The Morgan fingerprint density at radius 2 is 2.50 bits per heavy atom. The van der Waals surface area contributed by atoms with Crippen molar-refractivity contribution in [3.05, 3.63) is 20.8 Å². The third-order valence-corrected chi connectivity index (χ3v) is 2.74. The zero-order chi connectivity index (χ0) is 7.56. The van der Waals surface area contributed by atoms with Gasteiger partial charge in [-0.25, -0.2) is 0 Å². The average Bonchev–Trinajstić information content (AvgIpc) is 2.34. The molecular weight excluding hydrogens is 214 g/mol. The Bertz CT molecular complexity index is 213. The highest BCUT2D eigenvalue weighted by Gasteiger charge is 2.04. The minimum absolute atomic E-state index is 0.00315. The molecule has 1 unspecified atom stereocenters. The lowest BCUT2D eigenvalue weighted by Crippen LogP contribution is -2.13. The van der Waals surface area contributed by atoms with Crippen LogP contribution in [0.25, 0.3) is 0 Å². The molecule has 1 aromatic rings. The van der Waals surface area contributed by atoms with Gasteiger partial charge in [0.05, 0.1) is 16.4 Å². The molecule has 1 rings (SSSR count). The third-order valence-electron chi connectivity index (χ3n) is 1.21. The minimum atomic E-state index is -0.234. The van der Waals surface area contributed by atoms with Crippen LogP contribution in [0, 0.1) is 0 Å². The molecule has 0 aliphatic carbocycles. The summed E-state index contributed by atoms with van der Waals surface area (Å²) >= 11 is 4.88. The minimum Gasteiger partial charge on any atom is -0.394 e. The summed E-state index contributed by atoms with van der Waals surface area (Å²) in [5.41, 5.74) is 6.53. The van der Waals surface area contributed by atoms with E-state index in [1.807, 2.05) is 11.4 Å². The molecular formula is C6H8BrNOS. The van der Waals surface area contributed by atoms with Crippen LogP contribution in [0.2, 0.25) is 0 Å². The van der Waals surface area contributed by atoms with E-state index in [0.717, 1.165) is 9.35 Å². The fraction of sp³-hybridized carbons (Fsp3) is 0.333. The van der Waals surface area contributed by atoms with Gasteiger partial charge in [0, 0.05) is 0 Å². The van der Waals surface area contributed by atoms with Crippen LogP contribution in [0.1, 0.15) is 11.6 Å². The van der Waals surface area contributed by atoms with Gasteiger partial charge in [-0.05, 0) is 32.9 Å². The topological polar surface area (TPSA) is 46.2 Å². The molecule has 0 aliphatic rings. The number of aliphatic hydroxyl groups excluding tert-OH is 1. The Labute approximate surface area is 71.8 Å². The molecule has 0 aromatic carbocycles. The second-order valence-electron chi connectivity index (χ2n) is 1.97. The summed E-state index contributed by atoms with van der Waals surface area (Å²) in [5.74, 6) is 0. The SMILES string of the molecule is NC(CO)c1csc(Br)c1. The molecule has 10 heavy (non-hydrogen) atoms. The molecule has 0 aliphatic heterocycles. The Hall–Kier alpha value is 0.100. The Kier molecular flexibility index (Phi) is 2.85. The van der Waals surface area contributed by atoms with Crippen LogP contribution in [0.5, 0.6) is 0 Å². The highest BCUT2D eigenvalue weighted by atomic mass is 79.9. The zero-order valence-electron chi connectivity index (χ0n) is 5.25. The quantitative estimate of drug-likeness (QED) is 0.796. The second kappa shape index (κ2) is 3.48. The summed E-state index contributed by atoms with van der Waals surface area (Å²) in [5, 5.41) is 10.6. The Balaban J connectivity index is 2.74. The van der Waals surface area contributed by atoms with E-state index >= 15 is 0 Å². The first-order chi connectivity index (χ1) is 4.74. The molecule has 0 radical (unpaired) electrons. The van der Waals surface area contributed by atoms with E-state index in [4.69, 9.17) is 10.8 Å². The lowest BCUT2D eigenvalue weighted by atomic mass is 10.2. The van der Waals surface area contributed by atoms with Crippen molar-refractivity contribution in [1.82, 2.24) is 0 Å². The number of hydrogen-bond acceptors (Lipinski definition) is 3. The molecule has 2 nitrogen and oxygen atoms in total. The highest BCUT2D eigenvalue weighted by Crippen LogP contribution is 2.23. The fourth-order valence-electron chi connectivity index (χ4n) is 0.623. The molecule has 4 heteroatoms. The fourth-order valence-corrected chi connectivity index (χ4v) is 1.86. The molecule has 0 bridgehead atoms. The van der Waals surface area contributed by atoms with Crippen molar-refractivity contribution in [2.45, 2.75) is 6.04 Å². The first-order valence-corrected chi connectivity index (χ1v) is 4.51. The van der Waals surface area contributed by atoms with Gasteiger partial charge in [0.25, 0.3) is 0 Å². The third kappa shape index (κ3) is 1.79. The van der Waals surface area contributed by atoms with Crippen LogP contribution in [0.4, 0.5) is 0 Å². The zero-order valence-corrected chi connectivity index (χ0v) is 7.65. The van der Waals surface area contributed by atoms with E-state index in [1.54, 1.807) is 11.3 Å². The van der Waals surface area contributed by atoms with Gasteiger partial charge in [0.15, 0.2) is 0 Å². The average molecular weight is 222 g/mol. The first kappa shape index (κ1) is 8.20. The number of thiophene rings is 1. The van der Waals surface area contributed by atoms with Gasteiger partial charge in [-0.15, -0.1) is 11.3 Å². The van der Waals surface area contributed by atoms with Crippen molar-refractivity contribution in [2.24, 2.45) is 5.73 Å². The van der Waals surface area contributed by atoms with Gasteiger partial charge in [0.1, 0.15) is 0 Å². The number of rotatable bonds is 2. The van der Waals surface area contributed by atoms with Crippen LogP contribution in [0.15, 0.2) is 15.2 Å². The lowest BCUT2D eigenvalue weighted by Gasteiger charge is -2.02. The molecule has 0 saturated heterocycles. The molecule has 56 valence electrons. The molecule has 0 saturated carbocycles. The largest absolute Gasteiger partial charge is 0.394 e. The summed E-state index contributed by atoms with van der Waals surface area (Å²) in [6.07, 6.45) is 0. The van der Waals surface area contributed by atoms with Crippen molar-refractivity contribution in [2.75, 3.05) is 6.61 Å². The molecule has 3 N–H and O–H groups in total. The standard InChI is InChI=1S/C6H8BrNOS/c7-6-1-4(3-10-6)5(8)2-9/h1,3,5,9H,2,8H2. The van der Waals surface area contributed by atoms with Crippen molar-refractivity contribution >= 4 is 27.3 Å². The van der Waals surface area contributed by atoms with Gasteiger partial charge in [-0.1, -0.05) is 0 Å². The predicted molar refractivity (Wildman–Crippen MR) is 46.0 cm³/mol. The van der Waals surface area contributed by atoms with Crippen LogP contribution >= 0.6 is 27.3 Å². The summed E-state index contributed by atoms with van der Waals surface area (Å²) in [6, 6.07) is 1.69. The predicted octanol–water partition coefficient (Wildman–Crippen LogP) is 1.50. The van der Waals surface area contributed by atoms with Crippen molar-refractivity contribution in [1.29, 1.82) is 0 Å².